The van der Waals surface area contributed by atoms with E-state index in [-0.39, 0.29) is 29.7 Å². The first-order chi connectivity index (χ1) is 13.6. The topological polar surface area (TPSA) is 58.6 Å². The first-order valence-electron chi connectivity index (χ1n) is 9.55. The molecule has 28 heavy (non-hydrogen) atoms. The molecule has 5 nitrogen and oxygen atoms in total. The number of halogens is 1. The van der Waals surface area contributed by atoms with Crippen LogP contribution < -0.4 is 10.1 Å². The van der Waals surface area contributed by atoms with Gasteiger partial charge < -0.3 is 15.0 Å². The van der Waals surface area contributed by atoms with Gasteiger partial charge >= 0.3 is 0 Å². The number of carbonyl (C=O) groups is 2. The van der Waals surface area contributed by atoms with Gasteiger partial charge in [-0.15, -0.1) is 0 Å². The number of methoxy groups -OCH3 is 1. The number of carbonyl (C=O) groups excluding carboxylic acids is 2. The summed E-state index contributed by atoms with van der Waals surface area (Å²) < 4.78 is 5.52. The molecule has 0 unspecified atom stereocenters. The van der Waals surface area contributed by atoms with Crippen LogP contribution in [0.25, 0.3) is 0 Å². The summed E-state index contributed by atoms with van der Waals surface area (Å²) in [7, 11) is 1.63. The van der Waals surface area contributed by atoms with Gasteiger partial charge in [-0.05, 0) is 42.7 Å². The zero-order chi connectivity index (χ0) is 19.7. The van der Waals surface area contributed by atoms with E-state index in [0.717, 1.165) is 24.2 Å². The van der Waals surface area contributed by atoms with Gasteiger partial charge in [0.05, 0.1) is 13.0 Å². The lowest BCUT2D eigenvalue weighted by molar-refractivity contribution is -0.125. The molecule has 4 rings (SSSR count). The van der Waals surface area contributed by atoms with Gasteiger partial charge in [0, 0.05) is 35.6 Å². The third kappa shape index (κ3) is 3.85. The molecule has 1 saturated heterocycles. The van der Waals surface area contributed by atoms with Crippen molar-refractivity contribution in [2.45, 2.75) is 24.8 Å². The molecule has 2 atom stereocenters. The summed E-state index contributed by atoms with van der Waals surface area (Å²) in [5, 5.41) is 3.63. The monoisotopic (exact) mass is 398 g/mol. The molecule has 1 heterocycles. The van der Waals surface area contributed by atoms with Gasteiger partial charge in [0.2, 0.25) is 5.91 Å². The molecule has 0 aromatic heterocycles. The molecule has 1 aliphatic carbocycles. The zero-order valence-corrected chi connectivity index (χ0v) is 16.5. The van der Waals surface area contributed by atoms with Crippen LogP contribution in [0, 0.1) is 5.92 Å². The van der Waals surface area contributed by atoms with Crippen molar-refractivity contribution >= 4 is 23.4 Å². The van der Waals surface area contributed by atoms with Gasteiger partial charge in [0.25, 0.3) is 5.91 Å². The van der Waals surface area contributed by atoms with Gasteiger partial charge in [-0.1, -0.05) is 35.9 Å². The Morgan fingerprint density at radius 2 is 1.89 bits per heavy atom. The molecule has 2 aromatic carbocycles. The Hall–Kier alpha value is -2.53. The molecule has 0 bridgehead atoms. The zero-order valence-electron chi connectivity index (χ0n) is 15.7. The SMILES string of the molecule is COc1ccccc1[C@H]1CN(C(=O)c2cccc(Cl)c2)C[C@@H]1C(=O)NC1CC1. The summed E-state index contributed by atoms with van der Waals surface area (Å²) in [6, 6.07) is 14.9. The van der Waals surface area contributed by atoms with Crippen LogP contribution in [0.3, 0.4) is 0 Å². The lowest BCUT2D eigenvalue weighted by atomic mass is 9.87. The Kier molecular flexibility index (Phi) is 5.27. The van der Waals surface area contributed by atoms with Crippen molar-refractivity contribution in [3.8, 4) is 5.75 Å². The lowest BCUT2D eigenvalue weighted by Crippen LogP contribution is -2.36. The van der Waals surface area contributed by atoms with Crippen molar-refractivity contribution < 1.29 is 14.3 Å². The van der Waals surface area contributed by atoms with E-state index in [9.17, 15) is 9.59 Å². The van der Waals surface area contributed by atoms with Crippen molar-refractivity contribution in [3.63, 3.8) is 0 Å². The average molecular weight is 399 g/mol. The highest BCUT2D eigenvalue weighted by molar-refractivity contribution is 6.30. The van der Waals surface area contributed by atoms with Crippen molar-refractivity contribution in [2.75, 3.05) is 20.2 Å². The van der Waals surface area contributed by atoms with E-state index in [1.54, 1.807) is 36.3 Å². The van der Waals surface area contributed by atoms with Crippen molar-refractivity contribution in [3.05, 3.63) is 64.7 Å². The van der Waals surface area contributed by atoms with Crippen LogP contribution in [-0.2, 0) is 4.79 Å². The molecule has 2 fully saturated rings. The van der Waals surface area contributed by atoms with Gasteiger partial charge in [-0.3, -0.25) is 9.59 Å². The molecule has 2 aromatic rings. The smallest absolute Gasteiger partial charge is 0.253 e. The van der Waals surface area contributed by atoms with E-state index in [2.05, 4.69) is 5.32 Å². The Labute approximate surface area is 169 Å². The second kappa shape index (κ2) is 7.84. The van der Waals surface area contributed by atoms with E-state index in [1.165, 1.54) is 0 Å². The second-order valence-electron chi connectivity index (χ2n) is 7.46. The molecule has 6 heteroatoms. The highest BCUT2D eigenvalue weighted by atomic mass is 35.5. The summed E-state index contributed by atoms with van der Waals surface area (Å²) in [6.07, 6.45) is 2.06. The predicted molar refractivity (Wildman–Crippen MR) is 108 cm³/mol. The summed E-state index contributed by atoms with van der Waals surface area (Å²) in [6.45, 7) is 0.848. The van der Waals surface area contributed by atoms with Crippen molar-refractivity contribution in [1.82, 2.24) is 10.2 Å². The van der Waals surface area contributed by atoms with Crippen molar-refractivity contribution in [2.24, 2.45) is 5.92 Å². The largest absolute Gasteiger partial charge is 0.496 e. The molecule has 2 amide bonds. The van der Waals surface area contributed by atoms with E-state index in [0.29, 0.717) is 23.7 Å². The van der Waals surface area contributed by atoms with E-state index < -0.39 is 0 Å². The standard InChI is InChI=1S/C22H23ClN2O3/c1-28-20-8-3-2-7-17(20)18-12-25(13-19(18)21(26)24-16-9-10-16)22(27)14-5-4-6-15(23)11-14/h2-8,11,16,18-19H,9-10,12-13H2,1H3,(H,24,26)/t18-,19+/m1/s1. The van der Waals surface area contributed by atoms with Gasteiger partial charge in [0.1, 0.15) is 5.75 Å². The number of likely N-dealkylation sites (tertiary alicyclic amines) is 1. The summed E-state index contributed by atoms with van der Waals surface area (Å²) >= 11 is 6.05. The van der Waals surface area contributed by atoms with E-state index in [4.69, 9.17) is 16.3 Å². The van der Waals surface area contributed by atoms with Crippen LogP contribution >= 0.6 is 11.6 Å². The number of hydrogen-bond acceptors (Lipinski definition) is 3. The number of para-hydroxylation sites is 1. The van der Waals surface area contributed by atoms with Crippen molar-refractivity contribution in [1.29, 1.82) is 0 Å². The molecule has 146 valence electrons. The number of nitrogens with zero attached hydrogens (tertiary/aromatic N) is 1. The van der Waals surface area contributed by atoms with Crippen LogP contribution in [0.5, 0.6) is 5.75 Å². The maximum atomic E-state index is 13.0. The lowest BCUT2D eigenvalue weighted by Gasteiger charge is -2.20. The highest BCUT2D eigenvalue weighted by Gasteiger charge is 2.42. The first-order valence-corrected chi connectivity index (χ1v) is 9.92. The van der Waals surface area contributed by atoms with Gasteiger partial charge in [-0.2, -0.15) is 0 Å². The van der Waals surface area contributed by atoms with Crippen LogP contribution in [0.2, 0.25) is 5.02 Å². The minimum absolute atomic E-state index is 0.0137. The number of ether oxygens (including phenoxy) is 1. The Morgan fingerprint density at radius 3 is 2.61 bits per heavy atom. The molecule has 1 aliphatic heterocycles. The molecular formula is C22H23ClN2O3. The van der Waals surface area contributed by atoms with E-state index in [1.807, 2.05) is 24.3 Å². The maximum absolute atomic E-state index is 13.0. The Bertz CT molecular complexity index is 897. The molecule has 1 N–H and O–H groups in total. The number of benzene rings is 2. The van der Waals surface area contributed by atoms with Gasteiger partial charge in [-0.25, -0.2) is 0 Å². The maximum Gasteiger partial charge on any atom is 0.253 e. The molecule has 0 radical (unpaired) electrons. The fraction of sp³-hybridized carbons (Fsp3) is 0.364. The number of nitrogens with one attached hydrogen (secondary N) is 1. The molecular weight excluding hydrogens is 376 g/mol. The molecule has 1 saturated carbocycles. The van der Waals surface area contributed by atoms with Crippen LogP contribution in [-0.4, -0.2) is 43.0 Å². The second-order valence-corrected chi connectivity index (χ2v) is 7.89. The Balaban J connectivity index is 1.62. The fourth-order valence-electron chi connectivity index (χ4n) is 3.86. The van der Waals surface area contributed by atoms with E-state index >= 15 is 0 Å². The van der Waals surface area contributed by atoms with Crippen LogP contribution in [0.1, 0.15) is 34.7 Å². The third-order valence-electron chi connectivity index (χ3n) is 5.48. The molecule has 2 aliphatic rings. The summed E-state index contributed by atoms with van der Waals surface area (Å²) in [5.74, 6) is 0.232. The molecule has 0 spiro atoms. The number of amides is 2. The average Bonchev–Trinajstić information content (AvgIpc) is 3.41. The minimum Gasteiger partial charge on any atom is -0.496 e. The first kappa shape index (κ1) is 18.8. The third-order valence-corrected chi connectivity index (χ3v) is 5.71. The Morgan fingerprint density at radius 1 is 1.11 bits per heavy atom. The summed E-state index contributed by atoms with van der Waals surface area (Å²) in [4.78, 5) is 27.7. The normalized spacial score (nSPS) is 21.4. The highest BCUT2D eigenvalue weighted by Crippen LogP contribution is 2.38. The number of hydrogen-bond donors (Lipinski definition) is 1. The van der Waals surface area contributed by atoms with Gasteiger partial charge in [0.15, 0.2) is 0 Å². The number of rotatable bonds is 5. The summed E-state index contributed by atoms with van der Waals surface area (Å²) in [5.41, 5.74) is 1.50. The minimum atomic E-state index is -0.306. The van der Waals surface area contributed by atoms with Crippen LogP contribution in [0.4, 0.5) is 0 Å². The quantitative estimate of drug-likeness (QED) is 0.838. The fourth-order valence-corrected chi connectivity index (χ4v) is 4.05. The predicted octanol–water partition coefficient (Wildman–Crippen LogP) is 3.48. The van der Waals surface area contributed by atoms with Crippen LogP contribution in [0.15, 0.2) is 48.5 Å².